The molecule has 0 atom stereocenters. The van der Waals surface area contributed by atoms with Crippen molar-refractivity contribution in [3.63, 3.8) is 0 Å². The zero-order valence-electron chi connectivity index (χ0n) is 9.83. The molecule has 1 N–H and O–H groups in total. The van der Waals surface area contributed by atoms with Gasteiger partial charge in [-0.1, -0.05) is 0 Å². The number of nitrogens with zero attached hydrogens (tertiary/aromatic N) is 2. The molecule has 0 aliphatic heterocycles. The third-order valence-electron chi connectivity index (χ3n) is 2.19. The number of carbonyl (C=O) groups is 1. The summed E-state index contributed by atoms with van der Waals surface area (Å²) >= 11 is 4.61. The standard InChI is InChI=1S/C12H9BrN2O3S/c1-18-10-9(13)6-14-12(15-10)19-8-4-2-7(3-5-8)11(16)17/h2-6H,1H3,(H,16,17). The lowest BCUT2D eigenvalue weighted by Gasteiger charge is -2.04. The number of benzene rings is 1. The topological polar surface area (TPSA) is 72.3 Å². The van der Waals surface area contributed by atoms with Crippen molar-refractivity contribution in [2.75, 3.05) is 7.11 Å². The normalized spacial score (nSPS) is 10.2. The van der Waals surface area contributed by atoms with Crippen molar-refractivity contribution < 1.29 is 14.6 Å². The lowest BCUT2D eigenvalue weighted by atomic mass is 10.2. The van der Waals surface area contributed by atoms with E-state index in [-0.39, 0.29) is 5.56 Å². The van der Waals surface area contributed by atoms with Crippen LogP contribution >= 0.6 is 27.7 Å². The number of methoxy groups -OCH3 is 1. The monoisotopic (exact) mass is 340 g/mol. The molecule has 1 aromatic carbocycles. The average molecular weight is 341 g/mol. The van der Waals surface area contributed by atoms with Gasteiger partial charge < -0.3 is 9.84 Å². The molecule has 0 saturated heterocycles. The van der Waals surface area contributed by atoms with E-state index in [0.717, 1.165) is 4.90 Å². The van der Waals surface area contributed by atoms with E-state index in [2.05, 4.69) is 25.9 Å². The van der Waals surface area contributed by atoms with Crippen LogP contribution in [0.5, 0.6) is 5.88 Å². The third-order valence-corrected chi connectivity index (χ3v) is 3.62. The fraction of sp³-hybridized carbons (Fsp3) is 0.0833. The maximum atomic E-state index is 10.7. The van der Waals surface area contributed by atoms with Crippen LogP contribution in [0.4, 0.5) is 0 Å². The van der Waals surface area contributed by atoms with Gasteiger partial charge in [-0.2, -0.15) is 4.98 Å². The van der Waals surface area contributed by atoms with Crippen molar-refractivity contribution in [2.24, 2.45) is 0 Å². The zero-order valence-corrected chi connectivity index (χ0v) is 12.2. The third kappa shape index (κ3) is 3.45. The first-order chi connectivity index (χ1) is 9.10. The van der Waals surface area contributed by atoms with Gasteiger partial charge in [0.2, 0.25) is 5.88 Å². The van der Waals surface area contributed by atoms with Crippen LogP contribution in [-0.4, -0.2) is 28.2 Å². The Morgan fingerprint density at radius 1 is 1.37 bits per heavy atom. The molecule has 0 spiro atoms. The first-order valence-electron chi connectivity index (χ1n) is 5.18. The highest BCUT2D eigenvalue weighted by Crippen LogP contribution is 2.28. The van der Waals surface area contributed by atoms with E-state index in [0.29, 0.717) is 15.5 Å². The van der Waals surface area contributed by atoms with E-state index in [1.165, 1.54) is 18.9 Å². The highest BCUT2D eigenvalue weighted by molar-refractivity contribution is 9.10. The smallest absolute Gasteiger partial charge is 0.335 e. The van der Waals surface area contributed by atoms with Crippen LogP contribution in [0.15, 0.2) is 45.0 Å². The predicted octanol–water partition coefficient (Wildman–Crippen LogP) is 3.10. The van der Waals surface area contributed by atoms with Gasteiger partial charge in [-0.25, -0.2) is 9.78 Å². The minimum absolute atomic E-state index is 0.249. The summed E-state index contributed by atoms with van der Waals surface area (Å²) in [6.07, 6.45) is 1.61. The number of halogens is 1. The second-order valence-corrected chi connectivity index (χ2v) is 5.34. The minimum Gasteiger partial charge on any atom is -0.480 e. The van der Waals surface area contributed by atoms with E-state index in [1.54, 1.807) is 30.5 Å². The summed E-state index contributed by atoms with van der Waals surface area (Å²) in [7, 11) is 1.53. The van der Waals surface area contributed by atoms with E-state index < -0.39 is 5.97 Å². The van der Waals surface area contributed by atoms with Gasteiger partial charge in [0, 0.05) is 11.1 Å². The van der Waals surface area contributed by atoms with E-state index in [1.807, 2.05) is 0 Å². The van der Waals surface area contributed by atoms with Crippen LogP contribution in [0.25, 0.3) is 0 Å². The molecule has 1 aromatic heterocycles. The van der Waals surface area contributed by atoms with Crippen molar-refractivity contribution in [1.29, 1.82) is 0 Å². The van der Waals surface area contributed by atoms with E-state index in [4.69, 9.17) is 9.84 Å². The molecule has 0 amide bonds. The van der Waals surface area contributed by atoms with Crippen molar-refractivity contribution in [1.82, 2.24) is 9.97 Å². The summed E-state index contributed by atoms with van der Waals surface area (Å²) in [5.41, 5.74) is 0.249. The number of ether oxygens (including phenoxy) is 1. The van der Waals surface area contributed by atoms with Gasteiger partial charge in [0.15, 0.2) is 5.16 Å². The van der Waals surface area contributed by atoms with Crippen LogP contribution in [0.1, 0.15) is 10.4 Å². The van der Waals surface area contributed by atoms with Gasteiger partial charge in [-0.15, -0.1) is 0 Å². The molecule has 1 heterocycles. The summed E-state index contributed by atoms with van der Waals surface area (Å²) in [6.45, 7) is 0. The molecule has 0 bridgehead atoms. The largest absolute Gasteiger partial charge is 0.480 e. The Labute approximate surface area is 122 Å². The maximum Gasteiger partial charge on any atom is 0.335 e. The van der Waals surface area contributed by atoms with E-state index in [9.17, 15) is 4.79 Å². The highest BCUT2D eigenvalue weighted by atomic mass is 79.9. The zero-order chi connectivity index (χ0) is 13.8. The van der Waals surface area contributed by atoms with Gasteiger partial charge in [0.25, 0.3) is 0 Å². The summed E-state index contributed by atoms with van der Waals surface area (Å²) in [6, 6.07) is 6.51. The number of carboxylic acids is 1. The molecule has 0 aliphatic rings. The number of hydrogen-bond donors (Lipinski definition) is 1. The molecule has 0 saturated carbocycles. The molecule has 0 aliphatic carbocycles. The summed E-state index contributed by atoms with van der Waals surface area (Å²) in [5.74, 6) is -0.488. The number of rotatable bonds is 4. The molecular formula is C12H9BrN2O3S. The fourth-order valence-electron chi connectivity index (χ4n) is 1.30. The minimum atomic E-state index is -0.946. The Balaban J connectivity index is 2.19. The van der Waals surface area contributed by atoms with Gasteiger partial charge >= 0.3 is 5.97 Å². The number of aromatic nitrogens is 2. The average Bonchev–Trinajstić information content (AvgIpc) is 2.41. The van der Waals surface area contributed by atoms with Crippen LogP contribution in [-0.2, 0) is 0 Å². The highest BCUT2D eigenvalue weighted by Gasteiger charge is 2.07. The Morgan fingerprint density at radius 3 is 2.63 bits per heavy atom. The lowest BCUT2D eigenvalue weighted by Crippen LogP contribution is -1.95. The Hall–Kier alpha value is -1.60. The van der Waals surface area contributed by atoms with E-state index >= 15 is 0 Å². The van der Waals surface area contributed by atoms with Crippen LogP contribution in [0.3, 0.4) is 0 Å². The Kier molecular flexibility index (Phi) is 4.39. The van der Waals surface area contributed by atoms with Crippen LogP contribution in [0.2, 0.25) is 0 Å². The maximum absolute atomic E-state index is 10.7. The quantitative estimate of drug-likeness (QED) is 0.862. The first kappa shape index (κ1) is 13.8. The molecule has 98 valence electrons. The summed E-state index contributed by atoms with van der Waals surface area (Å²) in [5, 5.41) is 9.34. The number of hydrogen-bond acceptors (Lipinski definition) is 5. The molecule has 2 aromatic rings. The molecule has 0 unspecified atom stereocenters. The molecule has 0 radical (unpaired) electrons. The molecule has 19 heavy (non-hydrogen) atoms. The van der Waals surface area contributed by atoms with Crippen molar-refractivity contribution >= 4 is 33.7 Å². The van der Waals surface area contributed by atoms with Crippen molar-refractivity contribution in [2.45, 2.75) is 10.1 Å². The molecule has 5 nitrogen and oxygen atoms in total. The summed E-state index contributed by atoms with van der Waals surface area (Å²) in [4.78, 5) is 20.0. The van der Waals surface area contributed by atoms with Gasteiger partial charge in [0.1, 0.15) is 0 Å². The van der Waals surface area contributed by atoms with Crippen LogP contribution < -0.4 is 4.74 Å². The van der Waals surface area contributed by atoms with Gasteiger partial charge in [0.05, 0.1) is 17.1 Å². The molecule has 2 rings (SSSR count). The van der Waals surface area contributed by atoms with Crippen LogP contribution in [0, 0.1) is 0 Å². The number of carboxylic acid groups (broad SMARTS) is 1. The van der Waals surface area contributed by atoms with Gasteiger partial charge in [-0.3, -0.25) is 0 Å². The fourth-order valence-corrected chi connectivity index (χ4v) is 2.37. The SMILES string of the molecule is COc1nc(Sc2ccc(C(=O)O)cc2)ncc1Br. The molecular weight excluding hydrogens is 332 g/mol. The Morgan fingerprint density at radius 2 is 2.05 bits per heavy atom. The molecule has 0 fully saturated rings. The first-order valence-corrected chi connectivity index (χ1v) is 6.79. The molecule has 7 heteroatoms. The van der Waals surface area contributed by atoms with Gasteiger partial charge in [-0.05, 0) is 52.0 Å². The predicted molar refractivity (Wildman–Crippen MR) is 73.8 cm³/mol. The van der Waals surface area contributed by atoms with Crippen molar-refractivity contribution in [3.8, 4) is 5.88 Å². The summed E-state index contributed by atoms with van der Waals surface area (Å²) < 4.78 is 5.77. The Bertz CT molecular complexity index is 604. The lowest BCUT2D eigenvalue weighted by molar-refractivity contribution is 0.0697. The van der Waals surface area contributed by atoms with Crippen molar-refractivity contribution in [3.05, 3.63) is 40.5 Å². The second kappa shape index (κ2) is 6.03. The second-order valence-electron chi connectivity index (χ2n) is 3.44. The number of aromatic carboxylic acids is 1.